The Morgan fingerprint density at radius 2 is 1.56 bits per heavy atom. The van der Waals surface area contributed by atoms with Crippen molar-refractivity contribution in [3.8, 4) is 0 Å². The van der Waals surface area contributed by atoms with E-state index in [1.54, 1.807) is 12.1 Å². The van der Waals surface area contributed by atoms with Crippen LogP contribution in [0.15, 0.2) is 83.8 Å². The van der Waals surface area contributed by atoms with E-state index in [1.165, 1.54) is 5.01 Å². The van der Waals surface area contributed by atoms with Gasteiger partial charge in [-0.3, -0.25) is 4.79 Å². The van der Waals surface area contributed by atoms with Gasteiger partial charge in [0.2, 0.25) is 0 Å². The maximum atomic E-state index is 13.0. The number of hydrogen-bond donors (Lipinski definition) is 0. The molecule has 0 radical (unpaired) electrons. The monoisotopic (exact) mass is 550 g/mol. The zero-order valence-corrected chi connectivity index (χ0v) is 18.7. The predicted molar refractivity (Wildman–Crippen MR) is 115 cm³/mol. The third-order valence-corrected chi connectivity index (χ3v) is 5.82. The molecule has 0 aliphatic carbocycles. The number of halogens is 3. The van der Waals surface area contributed by atoms with E-state index in [-0.39, 0.29) is 17.7 Å². The lowest BCUT2D eigenvalue weighted by molar-refractivity contribution is 0.0677. The van der Waals surface area contributed by atoms with Crippen molar-refractivity contribution in [2.75, 3.05) is 0 Å². The van der Waals surface area contributed by atoms with Gasteiger partial charge in [-0.25, -0.2) is 5.01 Å². The van der Waals surface area contributed by atoms with E-state index in [9.17, 15) is 4.79 Å². The molecule has 0 fully saturated rings. The number of amides is 1. The fraction of sp³-hybridized carbons (Fsp3) is 0.100. The molecule has 0 bridgehead atoms. The first-order valence-corrected chi connectivity index (χ1v) is 10.6. The highest BCUT2D eigenvalue weighted by molar-refractivity contribution is 9.11. The first-order valence-electron chi connectivity index (χ1n) is 8.19. The second-order valence-corrected chi connectivity index (χ2v) is 8.69. The summed E-state index contributed by atoms with van der Waals surface area (Å²) in [6.45, 7) is 0. The van der Waals surface area contributed by atoms with Gasteiger partial charge in [0.25, 0.3) is 0 Å². The average molecular weight is 553 g/mol. The minimum absolute atomic E-state index is 0.187. The highest BCUT2D eigenvalue weighted by atomic mass is 79.9. The van der Waals surface area contributed by atoms with Crippen LogP contribution in [0.1, 0.15) is 34.1 Å². The van der Waals surface area contributed by atoms with Crippen LogP contribution in [0, 0.1) is 0 Å². The van der Waals surface area contributed by atoms with E-state index in [0.717, 1.165) is 25.8 Å². The summed E-state index contributed by atoms with van der Waals surface area (Å²) in [5, 5.41) is 6.17. The number of hydrazone groups is 1. The van der Waals surface area contributed by atoms with E-state index >= 15 is 0 Å². The van der Waals surface area contributed by atoms with Crippen molar-refractivity contribution in [3.05, 3.63) is 91.2 Å². The number of rotatable bonds is 3. The first kappa shape index (κ1) is 18.7. The minimum Gasteiger partial charge on any atom is -0.444 e. The second kappa shape index (κ2) is 7.73. The summed E-state index contributed by atoms with van der Waals surface area (Å²) < 4.78 is 7.97. The fourth-order valence-electron chi connectivity index (χ4n) is 3.00. The second-order valence-electron chi connectivity index (χ2n) is 6.08. The first-order chi connectivity index (χ1) is 13.0. The van der Waals surface area contributed by atoms with Crippen molar-refractivity contribution in [2.24, 2.45) is 5.10 Å². The predicted octanol–water partition coefficient (Wildman–Crippen LogP) is 6.56. The van der Waals surface area contributed by atoms with Crippen LogP contribution in [-0.2, 0) is 0 Å². The van der Waals surface area contributed by atoms with Gasteiger partial charge in [0.1, 0.15) is 0 Å². The van der Waals surface area contributed by atoms with Crippen LogP contribution in [0.3, 0.4) is 0 Å². The van der Waals surface area contributed by atoms with Crippen LogP contribution in [0.4, 0.5) is 0 Å². The van der Waals surface area contributed by atoms with Crippen LogP contribution < -0.4 is 0 Å². The summed E-state index contributed by atoms with van der Waals surface area (Å²) in [5.74, 6) is -0.00877. The van der Waals surface area contributed by atoms with Crippen molar-refractivity contribution in [3.63, 3.8) is 0 Å². The maximum absolute atomic E-state index is 13.0. The summed E-state index contributed by atoms with van der Waals surface area (Å²) in [4.78, 5) is 13.0. The van der Waals surface area contributed by atoms with Crippen LogP contribution >= 0.6 is 47.8 Å². The molecule has 1 atom stereocenters. The van der Waals surface area contributed by atoms with Gasteiger partial charge in [0.15, 0.2) is 10.4 Å². The van der Waals surface area contributed by atoms with E-state index in [4.69, 9.17) is 4.42 Å². The van der Waals surface area contributed by atoms with Gasteiger partial charge in [0.05, 0.1) is 11.8 Å². The fourth-order valence-corrected chi connectivity index (χ4v) is 3.84. The Hall–Kier alpha value is -1.70. The van der Waals surface area contributed by atoms with Gasteiger partial charge in [-0.2, -0.15) is 5.10 Å². The van der Waals surface area contributed by atoms with Gasteiger partial charge in [0, 0.05) is 15.4 Å². The molecule has 0 saturated heterocycles. The molecule has 0 saturated carbocycles. The summed E-state index contributed by atoms with van der Waals surface area (Å²) in [6, 6.07) is 19.1. The summed E-state index contributed by atoms with van der Waals surface area (Å²) in [5.41, 5.74) is 2.89. The van der Waals surface area contributed by atoms with Crippen molar-refractivity contribution in [1.82, 2.24) is 5.01 Å². The van der Waals surface area contributed by atoms with Gasteiger partial charge < -0.3 is 4.42 Å². The van der Waals surface area contributed by atoms with Crippen molar-refractivity contribution < 1.29 is 9.21 Å². The van der Waals surface area contributed by atoms with Gasteiger partial charge in [-0.05, 0) is 63.5 Å². The van der Waals surface area contributed by atoms with Crippen LogP contribution in [0.2, 0.25) is 0 Å². The zero-order chi connectivity index (χ0) is 19.0. The minimum atomic E-state index is -0.263. The molecule has 1 aromatic heterocycles. The Labute approximate surface area is 181 Å². The molecule has 1 amide bonds. The Bertz CT molecular complexity index is 1010. The normalized spacial score (nSPS) is 16.5. The Morgan fingerprint density at radius 3 is 2.15 bits per heavy atom. The lowest BCUT2D eigenvalue weighted by Gasteiger charge is -2.21. The molecule has 0 N–H and O–H groups in total. The van der Waals surface area contributed by atoms with Crippen LogP contribution in [0.5, 0.6) is 0 Å². The quantitative estimate of drug-likeness (QED) is 0.369. The third-order valence-electron chi connectivity index (χ3n) is 4.33. The lowest BCUT2D eigenvalue weighted by atomic mass is 9.98. The number of carbonyl (C=O) groups is 1. The van der Waals surface area contributed by atoms with Gasteiger partial charge in [-0.1, -0.05) is 56.1 Å². The molecule has 2 aromatic carbocycles. The van der Waals surface area contributed by atoms with E-state index in [0.29, 0.717) is 11.1 Å². The zero-order valence-electron chi connectivity index (χ0n) is 13.9. The van der Waals surface area contributed by atoms with E-state index < -0.39 is 0 Å². The molecule has 0 unspecified atom stereocenters. The number of furan rings is 1. The summed E-state index contributed by atoms with van der Waals surface area (Å²) >= 11 is 10.2. The molecule has 1 aliphatic rings. The molecule has 136 valence electrons. The van der Waals surface area contributed by atoms with E-state index in [1.807, 2.05) is 48.5 Å². The molecule has 4 rings (SSSR count). The molecule has 0 spiro atoms. The highest BCUT2D eigenvalue weighted by Gasteiger charge is 2.34. The molecule has 27 heavy (non-hydrogen) atoms. The number of nitrogens with zero attached hydrogens (tertiary/aromatic N) is 2. The molecule has 2 heterocycles. The molecular weight excluding hydrogens is 540 g/mol. The standard InChI is InChI=1S/C20H13Br3N2O2/c21-14-5-1-12(2-6-14)16-11-17(13-3-7-15(22)8-4-13)25(24-16)20(26)18-9-10-19(23)27-18/h1-10,17H,11H2/t17-/m0/s1. The third kappa shape index (κ3) is 3.95. The molecule has 1 aliphatic heterocycles. The highest BCUT2D eigenvalue weighted by Crippen LogP contribution is 2.35. The molecule has 4 nitrogen and oxygen atoms in total. The Balaban J connectivity index is 1.72. The maximum Gasteiger partial charge on any atom is 0.310 e. The number of benzene rings is 2. The smallest absolute Gasteiger partial charge is 0.310 e. The largest absolute Gasteiger partial charge is 0.444 e. The number of carbonyl (C=O) groups excluding carboxylic acids is 1. The van der Waals surface area contributed by atoms with Crippen molar-refractivity contribution in [2.45, 2.75) is 12.5 Å². The Kier molecular flexibility index (Phi) is 5.34. The summed E-state index contributed by atoms with van der Waals surface area (Å²) in [6.07, 6.45) is 0.636. The van der Waals surface area contributed by atoms with Crippen molar-refractivity contribution in [1.29, 1.82) is 0 Å². The lowest BCUT2D eigenvalue weighted by Crippen LogP contribution is -2.26. The van der Waals surface area contributed by atoms with Crippen LogP contribution in [0.25, 0.3) is 0 Å². The molecule has 7 heteroatoms. The van der Waals surface area contributed by atoms with Crippen molar-refractivity contribution >= 4 is 59.4 Å². The van der Waals surface area contributed by atoms with Gasteiger partial charge in [-0.15, -0.1) is 0 Å². The average Bonchev–Trinajstić information content (AvgIpc) is 3.29. The van der Waals surface area contributed by atoms with Crippen LogP contribution in [-0.4, -0.2) is 16.6 Å². The summed E-state index contributed by atoms with van der Waals surface area (Å²) in [7, 11) is 0. The molecule has 3 aromatic rings. The number of hydrogen-bond acceptors (Lipinski definition) is 3. The van der Waals surface area contributed by atoms with Gasteiger partial charge >= 0.3 is 5.91 Å². The SMILES string of the molecule is O=C(c1ccc(Br)o1)N1N=C(c2ccc(Br)cc2)C[C@H]1c1ccc(Br)cc1. The topological polar surface area (TPSA) is 45.8 Å². The molecular formula is C20H13Br3N2O2. The Morgan fingerprint density at radius 1 is 0.926 bits per heavy atom. The van der Waals surface area contributed by atoms with E-state index in [2.05, 4.69) is 52.9 Å².